The van der Waals surface area contributed by atoms with E-state index in [4.69, 9.17) is 16.9 Å². The van der Waals surface area contributed by atoms with Gasteiger partial charge in [-0.2, -0.15) is 0 Å². The van der Waals surface area contributed by atoms with Gasteiger partial charge in [0.2, 0.25) is 0 Å². The first kappa shape index (κ1) is 10.5. The molecule has 0 aromatic heterocycles. The molecule has 0 heterocycles. The highest BCUT2D eigenvalue weighted by atomic mass is 35.5. The Morgan fingerprint density at radius 2 is 2.31 bits per heavy atom. The molecule has 1 N–H and O–H groups in total. The number of benzene rings is 1. The minimum absolute atomic E-state index is 0.355. The van der Waals surface area contributed by atoms with Crippen molar-refractivity contribution in [2.24, 2.45) is 0 Å². The molecule has 0 unspecified atom stereocenters. The fourth-order valence-electron chi connectivity index (χ4n) is 0.725. The lowest BCUT2D eigenvalue weighted by atomic mass is 10.2. The van der Waals surface area contributed by atoms with Crippen molar-refractivity contribution in [3.8, 4) is 0 Å². The zero-order valence-corrected chi connectivity index (χ0v) is 7.84. The highest BCUT2D eigenvalue weighted by molar-refractivity contribution is 7.94. The van der Waals surface area contributed by atoms with E-state index in [1.165, 1.54) is 6.07 Å². The summed E-state index contributed by atoms with van der Waals surface area (Å²) in [4.78, 5) is 11.3. The highest BCUT2D eigenvalue weighted by Gasteiger charge is 2.03. The summed E-state index contributed by atoms with van der Waals surface area (Å²) in [5.74, 6) is 0. The van der Waals surface area contributed by atoms with Crippen molar-refractivity contribution in [3.63, 3.8) is 0 Å². The Kier molecular flexibility index (Phi) is 4.20. The van der Waals surface area contributed by atoms with Gasteiger partial charge in [0.1, 0.15) is 0 Å². The topological polar surface area (TPSA) is 55.8 Å². The van der Waals surface area contributed by atoms with Crippen LogP contribution in [-0.2, 0) is 9.37 Å². The summed E-state index contributed by atoms with van der Waals surface area (Å²) in [6.07, 6.45) is 0. The van der Waals surface area contributed by atoms with Crippen molar-refractivity contribution in [2.45, 2.75) is 4.90 Å². The standard InChI is InChI=1S/C7H5ClO4S/c8-7(9)5-2-1-3-6(4-5)13-12-11-10/h1-4,10H. The maximum atomic E-state index is 10.7. The maximum Gasteiger partial charge on any atom is 0.252 e. The van der Waals surface area contributed by atoms with E-state index in [0.717, 1.165) is 12.0 Å². The van der Waals surface area contributed by atoms with Gasteiger partial charge in [-0.3, -0.25) is 4.79 Å². The Hall–Kier alpha value is -0.590. The Labute approximate surface area is 83.5 Å². The van der Waals surface area contributed by atoms with Crippen molar-refractivity contribution >= 4 is 28.9 Å². The third-order valence-corrected chi connectivity index (χ3v) is 2.02. The lowest BCUT2D eigenvalue weighted by Crippen LogP contribution is -1.88. The first-order valence-corrected chi connectivity index (χ1v) is 4.30. The Balaban J connectivity index is 2.73. The van der Waals surface area contributed by atoms with Gasteiger partial charge < -0.3 is 0 Å². The molecule has 0 bridgehead atoms. The van der Waals surface area contributed by atoms with Gasteiger partial charge in [0.25, 0.3) is 5.24 Å². The van der Waals surface area contributed by atoms with E-state index in [9.17, 15) is 4.79 Å². The van der Waals surface area contributed by atoms with Crippen LogP contribution in [0.4, 0.5) is 0 Å². The van der Waals surface area contributed by atoms with Crippen molar-refractivity contribution in [2.75, 3.05) is 0 Å². The number of carbonyl (C=O) groups excluding carboxylic acids is 1. The molecule has 70 valence electrons. The molecule has 13 heavy (non-hydrogen) atoms. The quantitative estimate of drug-likeness (QED) is 0.366. The molecule has 6 heteroatoms. The highest BCUT2D eigenvalue weighted by Crippen LogP contribution is 2.20. The summed E-state index contributed by atoms with van der Waals surface area (Å²) in [6.45, 7) is 0. The van der Waals surface area contributed by atoms with Crippen LogP contribution in [0, 0.1) is 0 Å². The van der Waals surface area contributed by atoms with Crippen molar-refractivity contribution in [1.82, 2.24) is 0 Å². The monoisotopic (exact) mass is 220 g/mol. The third kappa shape index (κ3) is 3.33. The Morgan fingerprint density at radius 1 is 1.54 bits per heavy atom. The number of halogens is 1. The average molecular weight is 221 g/mol. The molecule has 0 amide bonds. The van der Waals surface area contributed by atoms with Gasteiger partial charge in [0.15, 0.2) is 0 Å². The average Bonchev–Trinajstić information content (AvgIpc) is 2.15. The van der Waals surface area contributed by atoms with Crippen LogP contribution in [0.3, 0.4) is 0 Å². The predicted molar refractivity (Wildman–Crippen MR) is 47.3 cm³/mol. The molecule has 0 aliphatic carbocycles. The van der Waals surface area contributed by atoms with Crippen LogP contribution in [0.1, 0.15) is 10.4 Å². The van der Waals surface area contributed by atoms with E-state index in [2.05, 4.69) is 9.37 Å². The van der Waals surface area contributed by atoms with Crippen LogP contribution < -0.4 is 0 Å². The predicted octanol–water partition coefficient (Wildman–Crippen LogP) is 2.49. The molecule has 4 nitrogen and oxygen atoms in total. The zero-order chi connectivity index (χ0) is 9.68. The molecule has 0 atom stereocenters. The molecular weight excluding hydrogens is 216 g/mol. The van der Waals surface area contributed by atoms with Gasteiger partial charge in [0, 0.05) is 10.5 Å². The molecule has 0 saturated heterocycles. The summed E-state index contributed by atoms with van der Waals surface area (Å²) in [6, 6.07) is 6.39. The summed E-state index contributed by atoms with van der Waals surface area (Å²) in [7, 11) is 0. The molecule has 0 radical (unpaired) electrons. The van der Waals surface area contributed by atoms with Gasteiger partial charge in [0.05, 0.1) is 12.0 Å². The van der Waals surface area contributed by atoms with Crippen molar-refractivity contribution < 1.29 is 19.4 Å². The van der Waals surface area contributed by atoms with Crippen LogP contribution in [0.25, 0.3) is 0 Å². The van der Waals surface area contributed by atoms with Gasteiger partial charge in [-0.1, -0.05) is 17.2 Å². The molecule has 1 aromatic carbocycles. The van der Waals surface area contributed by atoms with E-state index in [1.807, 2.05) is 0 Å². The smallest absolute Gasteiger partial charge is 0.252 e. The first-order valence-electron chi connectivity index (χ1n) is 3.18. The van der Waals surface area contributed by atoms with Gasteiger partial charge >= 0.3 is 0 Å². The molecule has 0 fully saturated rings. The second-order valence-corrected chi connectivity index (χ2v) is 3.14. The summed E-state index contributed by atoms with van der Waals surface area (Å²) in [5, 5.41) is 10.7. The molecule has 1 rings (SSSR count). The maximum absolute atomic E-state index is 10.7. The van der Waals surface area contributed by atoms with Crippen molar-refractivity contribution in [3.05, 3.63) is 29.8 Å². The molecule has 0 aliphatic rings. The van der Waals surface area contributed by atoms with Crippen molar-refractivity contribution in [1.29, 1.82) is 0 Å². The summed E-state index contributed by atoms with van der Waals surface area (Å²) < 4.78 is 4.17. The van der Waals surface area contributed by atoms with E-state index in [-0.39, 0.29) is 0 Å². The van der Waals surface area contributed by atoms with Gasteiger partial charge in [-0.05, 0) is 23.7 Å². The minimum Gasteiger partial charge on any atom is -0.276 e. The Bertz CT molecular complexity index is 304. The number of rotatable bonds is 4. The molecule has 1 aromatic rings. The second-order valence-electron chi connectivity index (χ2n) is 2.03. The minimum atomic E-state index is -0.549. The Morgan fingerprint density at radius 3 is 2.92 bits per heavy atom. The number of carbonyl (C=O) groups is 1. The van der Waals surface area contributed by atoms with E-state index >= 15 is 0 Å². The SMILES string of the molecule is O=C(Cl)c1cccc(SOOO)c1. The molecule has 0 spiro atoms. The normalized spacial score (nSPS) is 10.0. The fraction of sp³-hybridized carbons (Fsp3) is 0. The molecule has 0 aliphatic heterocycles. The van der Waals surface area contributed by atoms with E-state index < -0.39 is 5.24 Å². The zero-order valence-electron chi connectivity index (χ0n) is 6.27. The van der Waals surface area contributed by atoms with E-state index in [0.29, 0.717) is 10.5 Å². The lowest BCUT2D eigenvalue weighted by molar-refractivity contribution is -0.432. The molecular formula is C7H5ClO4S. The summed E-state index contributed by atoms with van der Waals surface area (Å²) in [5.41, 5.74) is 0.355. The van der Waals surface area contributed by atoms with Crippen LogP contribution >= 0.6 is 23.6 Å². The van der Waals surface area contributed by atoms with Crippen LogP contribution in [0.5, 0.6) is 0 Å². The van der Waals surface area contributed by atoms with E-state index in [1.54, 1.807) is 18.2 Å². The lowest BCUT2D eigenvalue weighted by Gasteiger charge is -1.98. The van der Waals surface area contributed by atoms with Crippen LogP contribution in [-0.4, -0.2) is 10.5 Å². The second kappa shape index (κ2) is 5.21. The fourth-order valence-corrected chi connectivity index (χ4v) is 1.26. The van der Waals surface area contributed by atoms with Crippen LogP contribution in [0.2, 0.25) is 0 Å². The third-order valence-electron chi connectivity index (χ3n) is 1.22. The summed E-state index contributed by atoms with van der Waals surface area (Å²) >= 11 is 6.01. The van der Waals surface area contributed by atoms with Gasteiger partial charge in [-0.15, -0.1) is 4.33 Å². The molecule has 0 saturated carbocycles. The van der Waals surface area contributed by atoms with Crippen LogP contribution in [0.15, 0.2) is 29.2 Å². The number of hydrogen-bond acceptors (Lipinski definition) is 5. The van der Waals surface area contributed by atoms with Gasteiger partial charge in [-0.25, -0.2) is 5.26 Å². The largest absolute Gasteiger partial charge is 0.276 e. The first-order chi connectivity index (χ1) is 6.24. The number of hydrogen-bond donors (Lipinski definition) is 1.